The second kappa shape index (κ2) is 8.93. The van der Waals surface area contributed by atoms with E-state index in [1.807, 2.05) is 0 Å². The minimum absolute atomic E-state index is 0. The number of carbonyl (C=O) groups excluding carboxylic acids is 1. The van der Waals surface area contributed by atoms with Crippen molar-refractivity contribution < 1.29 is 17.6 Å². The highest BCUT2D eigenvalue weighted by molar-refractivity contribution is 7.89. The lowest BCUT2D eigenvalue weighted by atomic mass is 10.0. The van der Waals surface area contributed by atoms with E-state index < -0.39 is 26.8 Å². The molecule has 0 aliphatic carbocycles. The highest BCUT2D eigenvalue weighted by Crippen LogP contribution is 2.20. The maximum Gasteiger partial charge on any atom is 0.244 e. The Morgan fingerprint density at radius 3 is 2.56 bits per heavy atom. The largest absolute Gasteiger partial charge is 0.341 e. The zero-order valence-corrected chi connectivity index (χ0v) is 15.9. The number of hydrogen-bond acceptors (Lipinski definition) is 4. The third-order valence-electron chi connectivity index (χ3n) is 4.27. The molecule has 1 aliphatic rings. The fraction of sp³-hybridized carbons (Fsp3) is 0.562. The van der Waals surface area contributed by atoms with Crippen LogP contribution in [0.3, 0.4) is 0 Å². The van der Waals surface area contributed by atoms with E-state index in [0.717, 1.165) is 12.5 Å². The monoisotopic (exact) mass is 393 g/mol. The van der Waals surface area contributed by atoms with Crippen molar-refractivity contribution in [3.05, 3.63) is 30.1 Å². The maximum atomic E-state index is 13.8. The topological polar surface area (TPSA) is 92.5 Å². The smallest absolute Gasteiger partial charge is 0.244 e. The molecule has 1 saturated heterocycles. The number of benzene rings is 1. The van der Waals surface area contributed by atoms with E-state index in [1.54, 1.807) is 18.7 Å². The van der Waals surface area contributed by atoms with Gasteiger partial charge in [0, 0.05) is 13.1 Å². The van der Waals surface area contributed by atoms with Crippen LogP contribution in [0.1, 0.15) is 20.3 Å². The first-order valence-electron chi connectivity index (χ1n) is 8.02. The summed E-state index contributed by atoms with van der Waals surface area (Å²) in [7, 11) is -4.13. The second-order valence-corrected chi connectivity index (χ2v) is 8.13. The Morgan fingerprint density at radius 1 is 1.40 bits per heavy atom. The molecule has 25 heavy (non-hydrogen) atoms. The summed E-state index contributed by atoms with van der Waals surface area (Å²) in [6, 6.07) is 4.17. The van der Waals surface area contributed by atoms with Crippen LogP contribution in [-0.2, 0) is 14.8 Å². The van der Waals surface area contributed by atoms with Gasteiger partial charge < -0.3 is 10.6 Å². The van der Waals surface area contributed by atoms with E-state index in [4.69, 9.17) is 5.73 Å². The van der Waals surface area contributed by atoms with Crippen LogP contribution in [-0.4, -0.2) is 44.9 Å². The molecule has 2 rings (SSSR count). The van der Waals surface area contributed by atoms with Gasteiger partial charge >= 0.3 is 0 Å². The van der Waals surface area contributed by atoms with Gasteiger partial charge in [0.05, 0.1) is 0 Å². The van der Waals surface area contributed by atoms with Crippen molar-refractivity contribution in [2.75, 3.05) is 19.6 Å². The summed E-state index contributed by atoms with van der Waals surface area (Å²) in [6.07, 6.45) is 0.813. The zero-order chi connectivity index (χ0) is 17.9. The number of nitrogens with two attached hydrogens (primary N) is 1. The van der Waals surface area contributed by atoms with E-state index in [2.05, 4.69) is 4.72 Å². The van der Waals surface area contributed by atoms with Crippen LogP contribution in [0.15, 0.2) is 29.2 Å². The van der Waals surface area contributed by atoms with Crippen molar-refractivity contribution in [3.63, 3.8) is 0 Å². The first-order chi connectivity index (χ1) is 11.3. The molecule has 2 atom stereocenters. The second-order valence-electron chi connectivity index (χ2n) is 6.45. The third-order valence-corrected chi connectivity index (χ3v) is 5.75. The summed E-state index contributed by atoms with van der Waals surface area (Å²) in [5.74, 6) is -1.16. The van der Waals surface area contributed by atoms with Crippen LogP contribution in [0.4, 0.5) is 4.39 Å². The molecule has 1 aromatic carbocycles. The molecule has 1 aliphatic heterocycles. The number of carbonyl (C=O) groups is 1. The van der Waals surface area contributed by atoms with Gasteiger partial charge in [0.15, 0.2) is 0 Å². The van der Waals surface area contributed by atoms with Crippen molar-refractivity contribution in [3.8, 4) is 0 Å². The van der Waals surface area contributed by atoms with Gasteiger partial charge in [-0.25, -0.2) is 12.8 Å². The summed E-state index contributed by atoms with van der Waals surface area (Å²) in [5.41, 5.74) is 5.64. The Morgan fingerprint density at radius 2 is 2.04 bits per heavy atom. The fourth-order valence-electron chi connectivity index (χ4n) is 2.79. The standard InChI is InChI=1S/C16H24FN3O3S.ClH/c1-11(2)15(16(21)20-8-7-12(9-18)10-20)19-24(22,23)14-6-4-3-5-13(14)17;/h3-6,11-12,15,19H,7-10,18H2,1-2H3;1H. The lowest BCUT2D eigenvalue weighted by Crippen LogP contribution is -2.50. The Kier molecular flexibility index (Phi) is 7.80. The molecule has 0 bridgehead atoms. The van der Waals surface area contributed by atoms with Gasteiger partial charge in [0.2, 0.25) is 15.9 Å². The highest BCUT2D eigenvalue weighted by Gasteiger charge is 2.35. The minimum Gasteiger partial charge on any atom is -0.341 e. The number of amides is 1. The van der Waals surface area contributed by atoms with E-state index in [-0.39, 0.29) is 30.2 Å². The molecular formula is C16H25ClFN3O3S. The Balaban J connectivity index is 0.00000312. The van der Waals surface area contributed by atoms with Crippen LogP contribution in [0.2, 0.25) is 0 Å². The quantitative estimate of drug-likeness (QED) is 0.763. The minimum atomic E-state index is -4.13. The van der Waals surface area contributed by atoms with Gasteiger partial charge in [-0.05, 0) is 36.9 Å². The number of hydrogen-bond donors (Lipinski definition) is 2. The molecule has 3 N–H and O–H groups in total. The number of nitrogens with one attached hydrogen (secondary N) is 1. The van der Waals surface area contributed by atoms with Crippen molar-refractivity contribution >= 4 is 28.3 Å². The molecule has 0 aromatic heterocycles. The zero-order valence-electron chi connectivity index (χ0n) is 14.3. The fourth-order valence-corrected chi connectivity index (χ4v) is 4.20. The number of sulfonamides is 1. The number of nitrogens with zero attached hydrogens (tertiary/aromatic N) is 1. The van der Waals surface area contributed by atoms with Gasteiger partial charge in [-0.15, -0.1) is 12.4 Å². The molecule has 1 aromatic rings. The summed E-state index contributed by atoms with van der Waals surface area (Å²) in [5, 5.41) is 0. The molecule has 0 spiro atoms. The van der Waals surface area contributed by atoms with Gasteiger partial charge in [-0.3, -0.25) is 4.79 Å². The Labute approximate surface area is 154 Å². The lowest BCUT2D eigenvalue weighted by molar-refractivity contribution is -0.133. The Bertz CT molecular complexity index is 700. The number of rotatable bonds is 6. The van der Waals surface area contributed by atoms with Gasteiger partial charge in [-0.1, -0.05) is 26.0 Å². The van der Waals surface area contributed by atoms with E-state index in [0.29, 0.717) is 19.6 Å². The average molecular weight is 394 g/mol. The molecule has 142 valence electrons. The molecule has 2 unspecified atom stereocenters. The molecule has 0 radical (unpaired) electrons. The predicted octanol–water partition coefficient (Wildman–Crippen LogP) is 1.36. The van der Waals surface area contributed by atoms with E-state index >= 15 is 0 Å². The summed E-state index contributed by atoms with van der Waals surface area (Å²) in [4.78, 5) is 13.9. The van der Waals surface area contributed by atoms with E-state index in [9.17, 15) is 17.6 Å². The molecule has 1 heterocycles. The van der Waals surface area contributed by atoms with Crippen LogP contribution < -0.4 is 10.5 Å². The predicted molar refractivity (Wildman–Crippen MR) is 96.3 cm³/mol. The van der Waals surface area contributed by atoms with Crippen LogP contribution >= 0.6 is 12.4 Å². The van der Waals surface area contributed by atoms with Crippen LogP contribution in [0.5, 0.6) is 0 Å². The molecular weight excluding hydrogens is 369 g/mol. The van der Waals surface area contributed by atoms with Crippen molar-refractivity contribution in [1.29, 1.82) is 0 Å². The first-order valence-corrected chi connectivity index (χ1v) is 9.50. The SMILES string of the molecule is CC(C)C(NS(=O)(=O)c1ccccc1F)C(=O)N1CCC(CN)C1.Cl. The maximum absolute atomic E-state index is 13.8. The normalized spacial score (nSPS) is 18.9. The van der Waals surface area contributed by atoms with Gasteiger partial charge in [-0.2, -0.15) is 4.72 Å². The molecule has 1 fully saturated rings. The summed E-state index contributed by atoms with van der Waals surface area (Å²) in [6.45, 7) is 5.09. The van der Waals surface area contributed by atoms with Crippen molar-refractivity contribution in [2.45, 2.75) is 31.2 Å². The lowest BCUT2D eigenvalue weighted by Gasteiger charge is -2.27. The summed E-state index contributed by atoms with van der Waals surface area (Å²) >= 11 is 0. The van der Waals surface area contributed by atoms with Crippen LogP contribution in [0, 0.1) is 17.7 Å². The average Bonchev–Trinajstić information content (AvgIpc) is 3.01. The van der Waals surface area contributed by atoms with Gasteiger partial charge in [0.1, 0.15) is 16.8 Å². The van der Waals surface area contributed by atoms with Crippen molar-refractivity contribution in [2.24, 2.45) is 17.6 Å². The van der Waals surface area contributed by atoms with Gasteiger partial charge in [0.25, 0.3) is 0 Å². The highest BCUT2D eigenvalue weighted by atomic mass is 35.5. The van der Waals surface area contributed by atoms with Crippen molar-refractivity contribution in [1.82, 2.24) is 9.62 Å². The summed E-state index contributed by atoms with van der Waals surface area (Å²) < 4.78 is 41.1. The number of halogens is 2. The third kappa shape index (κ3) is 5.13. The first kappa shape index (κ1) is 21.8. The molecule has 9 heteroatoms. The molecule has 1 amide bonds. The number of likely N-dealkylation sites (tertiary alicyclic amines) is 1. The van der Waals surface area contributed by atoms with Crippen LogP contribution in [0.25, 0.3) is 0 Å². The van der Waals surface area contributed by atoms with E-state index in [1.165, 1.54) is 18.2 Å². The Hall–Kier alpha value is -1.22. The molecule has 0 saturated carbocycles. The molecule has 6 nitrogen and oxygen atoms in total.